The molecule has 1 aromatic carbocycles. The van der Waals surface area contributed by atoms with Gasteiger partial charge in [-0.1, -0.05) is 23.2 Å². The molecule has 0 amide bonds. The van der Waals surface area contributed by atoms with Crippen LogP contribution < -0.4 is 5.73 Å². The van der Waals surface area contributed by atoms with E-state index >= 15 is 0 Å². The van der Waals surface area contributed by atoms with Crippen molar-refractivity contribution < 1.29 is 21.4 Å². The van der Waals surface area contributed by atoms with Gasteiger partial charge in [-0.15, -0.1) is 0 Å². The number of nitrogen functional groups attached to an aromatic ring is 1. The van der Waals surface area contributed by atoms with E-state index in [9.17, 15) is 16.8 Å². The Labute approximate surface area is 121 Å². The predicted molar refractivity (Wildman–Crippen MR) is 73.5 cm³/mol. The molecule has 0 aliphatic rings. The van der Waals surface area contributed by atoms with Gasteiger partial charge in [0.1, 0.15) is 0 Å². The molecule has 3 N–H and O–H groups in total. The van der Waals surface area contributed by atoms with Gasteiger partial charge in [-0.25, -0.2) is 0 Å². The molecule has 0 radical (unpaired) electrons. The first-order valence-electron chi connectivity index (χ1n) is 4.54. The van der Waals surface area contributed by atoms with Gasteiger partial charge in [-0.05, 0) is 18.2 Å². The quantitative estimate of drug-likeness (QED) is 0.629. The lowest BCUT2D eigenvalue weighted by Gasteiger charge is -1.95. The number of halogens is 2. The zero-order valence-corrected chi connectivity index (χ0v) is 12.5. The highest BCUT2D eigenvalue weighted by molar-refractivity contribution is 7.85. The van der Waals surface area contributed by atoms with Crippen molar-refractivity contribution in [3.63, 3.8) is 0 Å². The lowest BCUT2D eigenvalue weighted by molar-refractivity contribution is 0.483. The number of hydrogen-bond acceptors (Lipinski definition) is 6. The van der Waals surface area contributed by atoms with Gasteiger partial charge in [-0.3, -0.25) is 4.55 Å². The number of anilines is 1. The molecule has 19 heavy (non-hydrogen) atoms. The Kier molecular flexibility index (Phi) is 7.95. The molecule has 0 heterocycles. The van der Waals surface area contributed by atoms with E-state index in [-0.39, 0.29) is 0 Å². The maximum absolute atomic E-state index is 9.91. The molecule has 108 valence electrons. The largest absolute Gasteiger partial charge is 0.397 e. The Balaban J connectivity index is 0.000000342. The van der Waals surface area contributed by atoms with Gasteiger partial charge < -0.3 is 5.73 Å². The molecule has 0 bridgehead atoms. The number of hydrogen-bond donors (Lipinski definition) is 2. The van der Waals surface area contributed by atoms with Crippen molar-refractivity contribution in [1.82, 2.24) is 0 Å². The van der Waals surface area contributed by atoms with Gasteiger partial charge in [0.2, 0.25) is 0 Å². The van der Waals surface area contributed by atoms with E-state index in [4.69, 9.17) is 33.5 Å². The average Bonchev–Trinajstić information content (AvgIpc) is 2.22. The SMILES string of the molecule is Nc1cc(Cl)ccc1Cl.O=S(=O)=NCCS(=O)(=O)O. The summed E-state index contributed by atoms with van der Waals surface area (Å²) in [6, 6.07) is 4.98. The predicted octanol–water partition coefficient (Wildman–Crippen LogP) is 1.51. The van der Waals surface area contributed by atoms with Crippen LogP contribution in [-0.2, 0) is 20.6 Å². The highest BCUT2D eigenvalue weighted by Gasteiger charge is 2.01. The van der Waals surface area contributed by atoms with Crippen molar-refractivity contribution in [2.24, 2.45) is 4.36 Å². The minimum absolute atomic E-state index is 0.436. The Morgan fingerprint density at radius 1 is 1.32 bits per heavy atom. The number of nitrogens with zero attached hydrogens (tertiary/aromatic N) is 1. The van der Waals surface area contributed by atoms with Crippen molar-refractivity contribution in [2.75, 3.05) is 18.0 Å². The molecule has 0 spiro atoms. The van der Waals surface area contributed by atoms with Gasteiger partial charge in [0, 0.05) is 5.02 Å². The molecule has 11 heteroatoms. The highest BCUT2D eigenvalue weighted by Crippen LogP contribution is 2.21. The summed E-state index contributed by atoms with van der Waals surface area (Å²) in [7, 11) is -6.69. The third-order valence-electron chi connectivity index (χ3n) is 1.50. The lowest BCUT2D eigenvalue weighted by Crippen LogP contribution is -2.06. The van der Waals surface area contributed by atoms with Crippen LogP contribution in [-0.4, -0.2) is 33.7 Å². The normalized spacial score (nSPS) is 10.3. The Hall–Kier alpha value is -0.870. The van der Waals surface area contributed by atoms with Crippen LogP contribution in [0.5, 0.6) is 0 Å². The molecule has 0 atom stereocenters. The average molecular weight is 349 g/mol. The first-order chi connectivity index (χ1) is 8.61. The minimum Gasteiger partial charge on any atom is -0.397 e. The fourth-order valence-electron chi connectivity index (χ4n) is 0.742. The fraction of sp³-hybridized carbons (Fsp3) is 0.250. The summed E-state index contributed by atoms with van der Waals surface area (Å²) < 4.78 is 49.9. The van der Waals surface area contributed by atoms with Crippen molar-refractivity contribution >= 4 is 49.5 Å². The van der Waals surface area contributed by atoms with Gasteiger partial charge in [-0.2, -0.15) is 21.2 Å². The second-order valence-corrected chi connectivity index (χ2v) is 6.13. The van der Waals surface area contributed by atoms with E-state index in [2.05, 4.69) is 4.36 Å². The summed E-state index contributed by atoms with van der Waals surface area (Å²) in [6.45, 7) is -0.436. The van der Waals surface area contributed by atoms with Crippen LogP contribution in [0.4, 0.5) is 5.69 Å². The van der Waals surface area contributed by atoms with Crippen molar-refractivity contribution in [3.8, 4) is 0 Å². The maximum atomic E-state index is 9.91. The summed E-state index contributed by atoms with van der Waals surface area (Å²) in [6.07, 6.45) is 0. The monoisotopic (exact) mass is 348 g/mol. The summed E-state index contributed by atoms with van der Waals surface area (Å²) in [5.74, 6) is -0.666. The first-order valence-corrected chi connectivity index (χ1v) is 7.94. The molecule has 7 nitrogen and oxygen atoms in total. The Morgan fingerprint density at radius 2 is 1.89 bits per heavy atom. The molecule has 0 saturated carbocycles. The van der Waals surface area contributed by atoms with Crippen LogP contribution in [0.25, 0.3) is 0 Å². The van der Waals surface area contributed by atoms with E-state index in [0.717, 1.165) is 0 Å². The van der Waals surface area contributed by atoms with Crippen molar-refractivity contribution in [1.29, 1.82) is 0 Å². The van der Waals surface area contributed by atoms with E-state index in [1.807, 2.05) is 0 Å². The standard InChI is InChI=1S/C6H5Cl2N.C2H5NO5S2/c7-4-1-2-5(8)6(9)3-4;4-9(5)3-1-2-10(6,7)8/h1-3H,9H2;1-2H2,(H,6,7,8). The zero-order valence-electron chi connectivity index (χ0n) is 9.32. The third-order valence-corrected chi connectivity index (χ3v) is 3.18. The molecule has 0 aliphatic carbocycles. The molecular weight excluding hydrogens is 339 g/mol. The molecule has 1 rings (SSSR count). The molecule has 0 fully saturated rings. The summed E-state index contributed by atoms with van der Waals surface area (Å²) in [5, 5.41) is 1.15. The molecule has 0 saturated heterocycles. The van der Waals surface area contributed by atoms with Gasteiger partial charge >= 0.3 is 10.5 Å². The topological polar surface area (TPSA) is 127 Å². The number of benzene rings is 1. The molecule has 1 aromatic rings. The number of nitrogens with two attached hydrogens (primary N) is 1. The molecule has 0 aliphatic heterocycles. The maximum Gasteiger partial charge on any atom is 0.311 e. The van der Waals surface area contributed by atoms with Gasteiger partial charge in [0.15, 0.2) is 0 Å². The number of rotatable bonds is 3. The van der Waals surface area contributed by atoms with E-state index < -0.39 is 32.9 Å². The second-order valence-electron chi connectivity index (χ2n) is 3.02. The zero-order chi connectivity index (χ0) is 15.1. The molecule has 0 unspecified atom stereocenters. The van der Waals surface area contributed by atoms with Gasteiger partial charge in [0.05, 0.1) is 23.0 Å². The lowest BCUT2D eigenvalue weighted by atomic mass is 10.3. The van der Waals surface area contributed by atoms with Gasteiger partial charge in [0.25, 0.3) is 10.1 Å². The summed E-state index contributed by atoms with van der Waals surface area (Å²) in [4.78, 5) is 0. The van der Waals surface area contributed by atoms with Crippen LogP contribution in [0.2, 0.25) is 10.0 Å². The van der Waals surface area contributed by atoms with E-state index in [1.165, 1.54) is 0 Å². The van der Waals surface area contributed by atoms with E-state index in [1.54, 1.807) is 18.2 Å². The third kappa shape index (κ3) is 10.7. The molecular formula is C8H10Cl2N2O5S2. The van der Waals surface area contributed by atoms with Crippen molar-refractivity contribution in [2.45, 2.75) is 0 Å². The van der Waals surface area contributed by atoms with Crippen LogP contribution in [0.1, 0.15) is 0 Å². The first kappa shape index (κ1) is 18.1. The smallest absolute Gasteiger partial charge is 0.311 e. The van der Waals surface area contributed by atoms with Crippen LogP contribution in [0.15, 0.2) is 22.6 Å². The van der Waals surface area contributed by atoms with Crippen LogP contribution in [0.3, 0.4) is 0 Å². The summed E-state index contributed by atoms with van der Waals surface area (Å²) >= 11 is 11.2. The van der Waals surface area contributed by atoms with Crippen molar-refractivity contribution in [3.05, 3.63) is 28.2 Å². The van der Waals surface area contributed by atoms with Crippen LogP contribution >= 0.6 is 23.2 Å². The Morgan fingerprint density at radius 3 is 2.26 bits per heavy atom. The second kappa shape index (κ2) is 8.33. The minimum atomic E-state index is -4.09. The van der Waals surface area contributed by atoms with E-state index in [0.29, 0.717) is 15.7 Å². The molecule has 0 aromatic heterocycles. The summed E-state index contributed by atoms with van der Waals surface area (Å²) in [5.41, 5.74) is 5.92. The Bertz CT molecular complexity index is 650. The fourth-order valence-corrected chi connectivity index (χ4v) is 1.72. The highest BCUT2D eigenvalue weighted by atomic mass is 35.5. The van der Waals surface area contributed by atoms with Crippen LogP contribution in [0, 0.1) is 0 Å².